The van der Waals surface area contributed by atoms with Crippen molar-refractivity contribution >= 4 is 23.2 Å². The Kier molecular flexibility index (Phi) is 8.52. The van der Waals surface area contributed by atoms with Crippen molar-refractivity contribution in [3.8, 4) is 5.75 Å². The van der Waals surface area contributed by atoms with Gasteiger partial charge in [0, 0.05) is 36.1 Å². The molecule has 156 valence electrons. The highest BCUT2D eigenvalue weighted by molar-refractivity contribution is 5.95. The maximum atomic E-state index is 12.3. The van der Waals surface area contributed by atoms with Gasteiger partial charge in [-0.1, -0.05) is 19.9 Å². The minimum Gasteiger partial charge on any atom is -0.493 e. The van der Waals surface area contributed by atoms with Gasteiger partial charge in [-0.05, 0) is 56.2 Å². The number of rotatable bonds is 10. The van der Waals surface area contributed by atoms with Crippen molar-refractivity contribution in [1.29, 1.82) is 0 Å². The summed E-state index contributed by atoms with van der Waals surface area (Å²) >= 11 is 0. The second-order valence-corrected chi connectivity index (χ2v) is 7.19. The van der Waals surface area contributed by atoms with Crippen LogP contribution in [0.5, 0.6) is 5.75 Å². The molecule has 0 aliphatic rings. The van der Waals surface area contributed by atoms with E-state index in [1.54, 1.807) is 17.0 Å². The fourth-order valence-corrected chi connectivity index (χ4v) is 2.74. The van der Waals surface area contributed by atoms with Gasteiger partial charge in [0.1, 0.15) is 5.75 Å². The van der Waals surface area contributed by atoms with E-state index >= 15 is 0 Å². The smallest absolute Gasteiger partial charge is 0.253 e. The lowest BCUT2D eigenvalue weighted by atomic mass is 10.1. The van der Waals surface area contributed by atoms with E-state index in [0.29, 0.717) is 36.9 Å². The Morgan fingerprint density at radius 2 is 1.69 bits per heavy atom. The normalized spacial score (nSPS) is 10.5. The van der Waals surface area contributed by atoms with Crippen molar-refractivity contribution in [2.45, 2.75) is 27.7 Å². The number of nitrogens with zero attached hydrogens (tertiary/aromatic N) is 1. The molecule has 0 spiro atoms. The maximum absolute atomic E-state index is 12.3. The monoisotopic (exact) mass is 397 g/mol. The predicted molar refractivity (Wildman–Crippen MR) is 118 cm³/mol. The third-order valence-corrected chi connectivity index (χ3v) is 4.34. The van der Waals surface area contributed by atoms with Crippen molar-refractivity contribution in [3.63, 3.8) is 0 Å². The molecule has 0 aliphatic carbocycles. The summed E-state index contributed by atoms with van der Waals surface area (Å²) in [6.45, 7) is 10.2. The lowest BCUT2D eigenvalue weighted by Crippen LogP contribution is -2.30. The summed E-state index contributed by atoms with van der Waals surface area (Å²) in [6, 6.07) is 14.5. The Morgan fingerprint density at radius 1 is 1.00 bits per heavy atom. The highest BCUT2D eigenvalue weighted by Gasteiger charge is 2.12. The van der Waals surface area contributed by atoms with Crippen molar-refractivity contribution in [2.24, 2.45) is 5.92 Å². The summed E-state index contributed by atoms with van der Waals surface area (Å²) in [5, 5.41) is 5.93. The third kappa shape index (κ3) is 7.14. The van der Waals surface area contributed by atoms with E-state index in [9.17, 15) is 9.59 Å². The van der Waals surface area contributed by atoms with Gasteiger partial charge >= 0.3 is 0 Å². The van der Waals surface area contributed by atoms with Crippen molar-refractivity contribution < 1.29 is 14.3 Å². The highest BCUT2D eigenvalue weighted by atomic mass is 16.5. The van der Waals surface area contributed by atoms with Gasteiger partial charge in [-0.2, -0.15) is 0 Å². The molecular weight excluding hydrogens is 366 g/mol. The summed E-state index contributed by atoms with van der Waals surface area (Å²) in [6.07, 6.45) is 0. The van der Waals surface area contributed by atoms with Crippen LogP contribution < -0.4 is 15.4 Å². The van der Waals surface area contributed by atoms with Crippen LogP contribution in [-0.4, -0.2) is 43.0 Å². The molecule has 2 aromatic rings. The summed E-state index contributed by atoms with van der Waals surface area (Å²) in [4.78, 5) is 26.3. The number of nitrogens with one attached hydrogen (secondary N) is 2. The molecule has 6 heteroatoms. The zero-order chi connectivity index (χ0) is 21.2. The van der Waals surface area contributed by atoms with Crippen molar-refractivity contribution in [3.05, 3.63) is 54.1 Å². The first-order chi connectivity index (χ1) is 13.9. The molecule has 29 heavy (non-hydrogen) atoms. The van der Waals surface area contributed by atoms with Gasteiger partial charge in [-0.3, -0.25) is 9.59 Å². The quantitative estimate of drug-likeness (QED) is 0.629. The fraction of sp³-hybridized carbons (Fsp3) is 0.391. The minimum atomic E-state index is -0.158. The molecule has 0 radical (unpaired) electrons. The van der Waals surface area contributed by atoms with Crippen LogP contribution in [-0.2, 0) is 4.79 Å². The second kappa shape index (κ2) is 11.1. The lowest BCUT2D eigenvalue weighted by Gasteiger charge is -2.18. The van der Waals surface area contributed by atoms with E-state index in [0.717, 1.165) is 11.4 Å². The Bertz CT molecular complexity index is 799. The van der Waals surface area contributed by atoms with Crippen LogP contribution in [0.3, 0.4) is 0 Å². The molecule has 0 saturated heterocycles. The Labute approximate surface area is 173 Å². The molecule has 0 unspecified atom stereocenters. The van der Waals surface area contributed by atoms with E-state index < -0.39 is 0 Å². The van der Waals surface area contributed by atoms with Gasteiger partial charge < -0.3 is 20.3 Å². The molecule has 0 fully saturated rings. The fourth-order valence-electron chi connectivity index (χ4n) is 2.74. The van der Waals surface area contributed by atoms with Crippen LogP contribution in [0.1, 0.15) is 38.1 Å². The van der Waals surface area contributed by atoms with Gasteiger partial charge in [0.15, 0.2) is 0 Å². The summed E-state index contributed by atoms with van der Waals surface area (Å²) < 4.78 is 5.68. The predicted octanol–water partition coefficient (Wildman–Crippen LogP) is 4.25. The molecule has 2 amide bonds. The van der Waals surface area contributed by atoms with Crippen molar-refractivity contribution in [1.82, 2.24) is 4.90 Å². The number of amides is 2. The molecule has 0 bridgehead atoms. The zero-order valence-corrected chi connectivity index (χ0v) is 17.7. The molecule has 0 saturated carbocycles. The summed E-state index contributed by atoms with van der Waals surface area (Å²) in [5.41, 5.74) is 2.12. The Morgan fingerprint density at radius 3 is 2.31 bits per heavy atom. The minimum absolute atomic E-state index is 0.0128. The van der Waals surface area contributed by atoms with E-state index in [2.05, 4.69) is 24.5 Å². The van der Waals surface area contributed by atoms with Crippen LogP contribution in [0.4, 0.5) is 11.4 Å². The van der Waals surface area contributed by atoms with Crippen LogP contribution in [0.2, 0.25) is 0 Å². The molecule has 2 rings (SSSR count). The molecule has 0 atom stereocenters. The van der Waals surface area contributed by atoms with Gasteiger partial charge in [0.05, 0.1) is 13.2 Å². The number of hydrogen-bond acceptors (Lipinski definition) is 4. The largest absolute Gasteiger partial charge is 0.493 e. The first-order valence-corrected chi connectivity index (χ1v) is 10.1. The van der Waals surface area contributed by atoms with E-state index in [4.69, 9.17) is 4.74 Å². The van der Waals surface area contributed by atoms with E-state index in [1.807, 2.05) is 50.2 Å². The molecule has 2 aromatic carbocycles. The van der Waals surface area contributed by atoms with Crippen LogP contribution in [0.25, 0.3) is 0 Å². The Balaban J connectivity index is 1.86. The van der Waals surface area contributed by atoms with E-state index in [-0.39, 0.29) is 18.4 Å². The number of carbonyl (C=O) groups is 2. The summed E-state index contributed by atoms with van der Waals surface area (Å²) in [5.74, 6) is 1.03. The number of benzene rings is 2. The standard InChI is InChI=1S/C23H31N3O3/c1-5-26(6-2)23(28)18-10-12-19(13-11-18)24-15-22(27)25-20-8-7-9-21(14-20)29-16-17(3)4/h7-14,17,24H,5-6,15-16H2,1-4H3,(H,25,27). The van der Waals surface area contributed by atoms with Gasteiger partial charge in [-0.15, -0.1) is 0 Å². The highest BCUT2D eigenvalue weighted by Crippen LogP contribution is 2.18. The summed E-state index contributed by atoms with van der Waals surface area (Å²) in [7, 11) is 0. The molecular formula is C23H31N3O3. The molecule has 0 heterocycles. The molecule has 6 nitrogen and oxygen atoms in total. The topological polar surface area (TPSA) is 70.7 Å². The molecule has 2 N–H and O–H groups in total. The number of ether oxygens (including phenoxy) is 1. The third-order valence-electron chi connectivity index (χ3n) is 4.34. The molecule has 0 aliphatic heterocycles. The first-order valence-electron chi connectivity index (χ1n) is 10.1. The SMILES string of the molecule is CCN(CC)C(=O)c1ccc(NCC(=O)Nc2cccc(OCC(C)C)c2)cc1. The van der Waals surface area contributed by atoms with Crippen molar-refractivity contribution in [2.75, 3.05) is 36.9 Å². The van der Waals surface area contributed by atoms with E-state index in [1.165, 1.54) is 0 Å². The lowest BCUT2D eigenvalue weighted by molar-refractivity contribution is -0.114. The number of hydrogen-bond donors (Lipinski definition) is 2. The maximum Gasteiger partial charge on any atom is 0.253 e. The Hall–Kier alpha value is -3.02. The first kappa shape index (κ1) is 22.3. The zero-order valence-electron chi connectivity index (χ0n) is 17.7. The van der Waals surface area contributed by atoms with Gasteiger partial charge in [-0.25, -0.2) is 0 Å². The average Bonchev–Trinajstić information content (AvgIpc) is 2.72. The van der Waals surface area contributed by atoms with Crippen LogP contribution in [0.15, 0.2) is 48.5 Å². The number of anilines is 2. The van der Waals surface area contributed by atoms with Gasteiger partial charge in [0.25, 0.3) is 5.91 Å². The second-order valence-electron chi connectivity index (χ2n) is 7.19. The molecule has 0 aromatic heterocycles. The van der Waals surface area contributed by atoms with Crippen LogP contribution >= 0.6 is 0 Å². The van der Waals surface area contributed by atoms with Gasteiger partial charge in [0.2, 0.25) is 5.91 Å². The average molecular weight is 398 g/mol. The van der Waals surface area contributed by atoms with Crippen LogP contribution in [0, 0.1) is 5.92 Å². The number of carbonyl (C=O) groups excluding carboxylic acids is 2.